The number of carbonyl (C=O) groups excluding carboxylic acids is 1. The molecule has 3 saturated heterocycles. The van der Waals surface area contributed by atoms with Crippen LogP contribution in [0.3, 0.4) is 0 Å². The van der Waals surface area contributed by atoms with Crippen molar-refractivity contribution in [2.45, 2.75) is 57.5 Å². The predicted molar refractivity (Wildman–Crippen MR) is 96.7 cm³/mol. The van der Waals surface area contributed by atoms with Gasteiger partial charge in [0.2, 0.25) is 5.91 Å². The Morgan fingerprint density at radius 1 is 1.12 bits per heavy atom. The SMILES string of the molecule is CCC(=O)N1C[C@@H]2C[C@H](C1)[C@@H]1CCC[C@H](Cc3ccccc3)N1C2. The second-order valence-electron chi connectivity index (χ2n) is 8.05. The number of nitrogens with zero attached hydrogens (tertiary/aromatic N) is 2. The van der Waals surface area contributed by atoms with Gasteiger partial charge in [-0.1, -0.05) is 43.7 Å². The lowest BCUT2D eigenvalue weighted by atomic mass is 9.74. The van der Waals surface area contributed by atoms with Crippen molar-refractivity contribution in [3.8, 4) is 0 Å². The molecule has 3 nitrogen and oxygen atoms in total. The largest absolute Gasteiger partial charge is 0.342 e. The third kappa shape index (κ3) is 3.11. The van der Waals surface area contributed by atoms with Gasteiger partial charge in [0.05, 0.1) is 0 Å². The quantitative estimate of drug-likeness (QED) is 0.850. The van der Waals surface area contributed by atoms with Crippen molar-refractivity contribution >= 4 is 5.91 Å². The Hall–Kier alpha value is -1.35. The number of rotatable bonds is 3. The first-order valence-corrected chi connectivity index (χ1v) is 9.82. The van der Waals surface area contributed by atoms with Crippen LogP contribution in [0, 0.1) is 11.8 Å². The van der Waals surface area contributed by atoms with Gasteiger partial charge in [-0.3, -0.25) is 9.69 Å². The van der Waals surface area contributed by atoms with E-state index in [0.717, 1.165) is 13.1 Å². The van der Waals surface area contributed by atoms with Gasteiger partial charge in [-0.25, -0.2) is 0 Å². The number of hydrogen-bond acceptors (Lipinski definition) is 2. The highest BCUT2D eigenvalue weighted by molar-refractivity contribution is 5.76. The lowest BCUT2D eigenvalue weighted by molar-refractivity contribution is -0.138. The van der Waals surface area contributed by atoms with Crippen molar-refractivity contribution in [1.29, 1.82) is 0 Å². The fourth-order valence-electron chi connectivity index (χ4n) is 5.44. The number of piperidine rings is 3. The van der Waals surface area contributed by atoms with Crippen LogP contribution in [-0.2, 0) is 11.2 Å². The third-order valence-corrected chi connectivity index (χ3v) is 6.48. The maximum Gasteiger partial charge on any atom is 0.222 e. The first kappa shape index (κ1) is 16.1. The summed E-state index contributed by atoms with van der Waals surface area (Å²) in [6.45, 7) is 5.19. The smallest absolute Gasteiger partial charge is 0.222 e. The zero-order valence-electron chi connectivity index (χ0n) is 14.9. The molecule has 0 radical (unpaired) electrons. The fraction of sp³-hybridized carbons (Fsp3) is 0.667. The van der Waals surface area contributed by atoms with E-state index in [9.17, 15) is 4.79 Å². The lowest BCUT2D eigenvalue weighted by Crippen LogP contribution is -2.62. The minimum absolute atomic E-state index is 0.356. The van der Waals surface area contributed by atoms with Crippen molar-refractivity contribution in [3.63, 3.8) is 0 Å². The summed E-state index contributed by atoms with van der Waals surface area (Å²) in [6.07, 6.45) is 7.20. The Morgan fingerprint density at radius 2 is 1.96 bits per heavy atom. The van der Waals surface area contributed by atoms with Gasteiger partial charge < -0.3 is 4.90 Å². The molecule has 1 aromatic rings. The molecule has 4 atom stereocenters. The molecule has 0 N–H and O–H groups in total. The molecule has 24 heavy (non-hydrogen) atoms. The van der Waals surface area contributed by atoms with E-state index in [0.29, 0.717) is 36.2 Å². The zero-order chi connectivity index (χ0) is 16.5. The Kier molecular flexibility index (Phi) is 4.62. The summed E-state index contributed by atoms with van der Waals surface area (Å²) < 4.78 is 0. The molecule has 1 aromatic carbocycles. The van der Waals surface area contributed by atoms with E-state index in [1.807, 2.05) is 6.92 Å². The van der Waals surface area contributed by atoms with E-state index in [4.69, 9.17) is 0 Å². The molecule has 0 aromatic heterocycles. The Bertz CT molecular complexity index is 572. The van der Waals surface area contributed by atoms with Gasteiger partial charge in [-0.15, -0.1) is 0 Å². The minimum atomic E-state index is 0.356. The molecule has 4 rings (SSSR count). The third-order valence-electron chi connectivity index (χ3n) is 6.48. The molecule has 3 aliphatic heterocycles. The predicted octanol–water partition coefficient (Wildman–Crippen LogP) is 3.34. The summed E-state index contributed by atoms with van der Waals surface area (Å²) in [7, 11) is 0. The molecule has 3 heteroatoms. The average Bonchev–Trinajstić information content (AvgIpc) is 2.62. The summed E-state index contributed by atoms with van der Waals surface area (Å²) in [4.78, 5) is 17.2. The number of hydrogen-bond donors (Lipinski definition) is 0. The Labute approximate surface area is 146 Å². The molecular weight excluding hydrogens is 296 g/mol. The summed E-state index contributed by atoms with van der Waals surface area (Å²) in [6, 6.07) is 12.4. The Balaban J connectivity index is 1.48. The molecule has 0 spiro atoms. The highest BCUT2D eigenvalue weighted by Gasteiger charge is 2.45. The van der Waals surface area contributed by atoms with Gasteiger partial charge in [0.1, 0.15) is 0 Å². The summed E-state index contributed by atoms with van der Waals surface area (Å²) in [5, 5.41) is 0. The number of fused-ring (bicyclic) bond motifs is 4. The van der Waals surface area contributed by atoms with E-state index in [1.54, 1.807) is 0 Å². The lowest BCUT2D eigenvalue weighted by Gasteiger charge is -2.55. The van der Waals surface area contributed by atoms with Crippen molar-refractivity contribution in [2.75, 3.05) is 19.6 Å². The molecule has 0 aliphatic carbocycles. The number of carbonyl (C=O) groups is 1. The van der Waals surface area contributed by atoms with Crippen molar-refractivity contribution in [2.24, 2.45) is 11.8 Å². The van der Waals surface area contributed by atoms with Crippen molar-refractivity contribution in [3.05, 3.63) is 35.9 Å². The first-order chi connectivity index (χ1) is 11.7. The molecule has 1 amide bonds. The van der Waals surface area contributed by atoms with Gasteiger partial charge in [-0.2, -0.15) is 0 Å². The molecule has 3 heterocycles. The second kappa shape index (κ2) is 6.87. The van der Waals surface area contributed by atoms with Crippen LogP contribution in [0.5, 0.6) is 0 Å². The number of likely N-dealkylation sites (tertiary alicyclic amines) is 1. The molecule has 2 bridgehead atoms. The fourth-order valence-corrected chi connectivity index (χ4v) is 5.44. The maximum absolute atomic E-state index is 12.2. The molecule has 0 saturated carbocycles. The van der Waals surface area contributed by atoms with Gasteiger partial charge in [-0.05, 0) is 43.1 Å². The van der Waals surface area contributed by atoms with Crippen LogP contribution < -0.4 is 0 Å². The molecule has 130 valence electrons. The Morgan fingerprint density at radius 3 is 2.75 bits per heavy atom. The van der Waals surface area contributed by atoms with Gasteiger partial charge >= 0.3 is 0 Å². The number of benzene rings is 1. The number of amides is 1. The van der Waals surface area contributed by atoms with Crippen LogP contribution in [0.4, 0.5) is 0 Å². The van der Waals surface area contributed by atoms with Crippen molar-refractivity contribution in [1.82, 2.24) is 9.80 Å². The van der Waals surface area contributed by atoms with Gasteiger partial charge in [0.15, 0.2) is 0 Å². The highest BCUT2D eigenvalue weighted by Crippen LogP contribution is 2.40. The van der Waals surface area contributed by atoms with E-state index in [2.05, 4.69) is 40.1 Å². The van der Waals surface area contributed by atoms with Crippen molar-refractivity contribution < 1.29 is 4.79 Å². The maximum atomic E-state index is 12.2. The van der Waals surface area contributed by atoms with E-state index in [1.165, 1.54) is 44.2 Å². The summed E-state index contributed by atoms with van der Waals surface area (Å²) in [5.74, 6) is 1.74. The second-order valence-corrected chi connectivity index (χ2v) is 8.05. The molecule has 3 fully saturated rings. The zero-order valence-corrected chi connectivity index (χ0v) is 14.9. The van der Waals surface area contributed by atoms with E-state index in [-0.39, 0.29) is 0 Å². The van der Waals surface area contributed by atoms with Crippen LogP contribution in [0.2, 0.25) is 0 Å². The summed E-state index contributed by atoms with van der Waals surface area (Å²) in [5.41, 5.74) is 1.47. The topological polar surface area (TPSA) is 23.6 Å². The van der Waals surface area contributed by atoms with Gasteiger partial charge in [0, 0.05) is 38.1 Å². The van der Waals surface area contributed by atoms with E-state index >= 15 is 0 Å². The molecule has 0 unspecified atom stereocenters. The van der Waals surface area contributed by atoms with E-state index < -0.39 is 0 Å². The monoisotopic (exact) mass is 326 g/mol. The van der Waals surface area contributed by atoms with Crippen LogP contribution >= 0.6 is 0 Å². The van der Waals surface area contributed by atoms with Crippen LogP contribution in [0.25, 0.3) is 0 Å². The standard InChI is InChI=1S/C21H30N2O/c1-2-21(24)22-13-17-11-18(15-22)20-10-6-9-19(23(20)14-17)12-16-7-4-3-5-8-16/h3-5,7-8,17-20H,2,6,9-15H2,1H3/t17-,18+,19+,20-/m0/s1. The minimum Gasteiger partial charge on any atom is -0.342 e. The first-order valence-electron chi connectivity index (χ1n) is 9.82. The van der Waals surface area contributed by atoms with Crippen LogP contribution in [0.15, 0.2) is 30.3 Å². The highest BCUT2D eigenvalue weighted by atomic mass is 16.2. The normalized spacial score (nSPS) is 33.1. The van der Waals surface area contributed by atoms with Crippen LogP contribution in [0.1, 0.15) is 44.6 Å². The van der Waals surface area contributed by atoms with Crippen LogP contribution in [-0.4, -0.2) is 47.4 Å². The summed E-state index contributed by atoms with van der Waals surface area (Å²) >= 11 is 0. The molecule has 3 aliphatic rings. The average molecular weight is 326 g/mol. The molecular formula is C21H30N2O. The van der Waals surface area contributed by atoms with Gasteiger partial charge in [0.25, 0.3) is 0 Å².